The molecule has 0 aromatic heterocycles. The van der Waals surface area contributed by atoms with Crippen molar-refractivity contribution in [1.82, 2.24) is 0 Å². The van der Waals surface area contributed by atoms with Gasteiger partial charge in [0, 0.05) is 18.9 Å². The first-order chi connectivity index (χ1) is 8.15. The van der Waals surface area contributed by atoms with Gasteiger partial charge < -0.3 is 5.32 Å². The maximum atomic E-state index is 11.7. The van der Waals surface area contributed by atoms with Crippen molar-refractivity contribution in [2.45, 2.75) is 40.5 Å². The quantitative estimate of drug-likeness (QED) is 0.809. The van der Waals surface area contributed by atoms with Crippen LogP contribution >= 0.6 is 0 Å². The summed E-state index contributed by atoms with van der Waals surface area (Å²) >= 11 is 0. The third kappa shape index (κ3) is 5.29. The Labute approximate surface area is 103 Å². The fourth-order valence-electron chi connectivity index (χ4n) is 1.39. The minimum absolute atomic E-state index is 0.0712. The summed E-state index contributed by atoms with van der Waals surface area (Å²) in [5.41, 5.74) is 1.19. The smallest absolute Gasteiger partial charge is 0.221 e. The Morgan fingerprint density at radius 3 is 2.29 bits per heavy atom. The summed E-state index contributed by atoms with van der Waals surface area (Å²) in [5.74, 6) is -0.0893. The Bertz CT molecular complexity index is 372. The molecule has 0 saturated heterocycles. The number of ketones is 1. The van der Waals surface area contributed by atoms with Crippen LogP contribution in [0.4, 0.5) is 5.69 Å². The molecule has 0 spiro atoms. The van der Waals surface area contributed by atoms with Crippen molar-refractivity contribution in [3.8, 4) is 0 Å². The van der Waals surface area contributed by atoms with Gasteiger partial charge in [-0.3, -0.25) is 9.59 Å². The van der Waals surface area contributed by atoms with Crippen LogP contribution in [0.3, 0.4) is 0 Å². The molecular weight excluding hydrogens is 214 g/mol. The van der Waals surface area contributed by atoms with Gasteiger partial charge in [0.15, 0.2) is 5.78 Å². The molecule has 0 saturated carbocycles. The van der Waals surface area contributed by atoms with E-state index in [0.717, 1.165) is 6.42 Å². The van der Waals surface area contributed by atoms with Gasteiger partial charge in [-0.25, -0.2) is 0 Å². The van der Waals surface area contributed by atoms with Crippen LogP contribution in [-0.2, 0) is 4.79 Å². The molecule has 0 bridgehead atoms. The predicted molar refractivity (Wildman–Crippen MR) is 71.3 cm³/mol. The summed E-state index contributed by atoms with van der Waals surface area (Å²) in [4.78, 5) is 22.6. The van der Waals surface area contributed by atoms with Crippen molar-refractivity contribution < 1.29 is 9.59 Å². The molecule has 1 amide bonds. The first kappa shape index (κ1) is 15.4. The molecule has 3 heteroatoms. The Morgan fingerprint density at radius 2 is 1.76 bits per heavy atom. The van der Waals surface area contributed by atoms with Crippen molar-refractivity contribution >= 4 is 17.4 Å². The van der Waals surface area contributed by atoms with Crippen molar-refractivity contribution in [2.75, 3.05) is 5.32 Å². The van der Waals surface area contributed by atoms with Gasteiger partial charge in [-0.2, -0.15) is 0 Å². The number of hydrogen-bond acceptors (Lipinski definition) is 2. The number of carbonyl (C=O) groups is 2. The van der Waals surface area contributed by atoms with Gasteiger partial charge >= 0.3 is 0 Å². The van der Waals surface area contributed by atoms with Crippen LogP contribution in [0.5, 0.6) is 0 Å². The number of rotatable bonds is 4. The summed E-state index contributed by atoms with van der Waals surface area (Å²) in [6.07, 6.45) is 1.32. The lowest BCUT2D eigenvalue weighted by atomic mass is 10.0. The molecule has 1 aromatic carbocycles. The molecule has 94 valence electrons. The fourth-order valence-corrected chi connectivity index (χ4v) is 1.39. The molecule has 0 aliphatic rings. The van der Waals surface area contributed by atoms with Gasteiger partial charge in [0.2, 0.25) is 5.91 Å². The molecule has 3 nitrogen and oxygen atoms in total. The van der Waals surface area contributed by atoms with Crippen LogP contribution in [0.15, 0.2) is 24.3 Å². The van der Waals surface area contributed by atoms with Crippen LogP contribution in [0.2, 0.25) is 0 Å². The summed E-state index contributed by atoms with van der Waals surface area (Å²) < 4.78 is 0. The lowest BCUT2D eigenvalue weighted by Crippen LogP contribution is -2.10. The van der Waals surface area contributed by atoms with Gasteiger partial charge in [0.05, 0.1) is 5.69 Å². The average Bonchev–Trinajstić information content (AvgIpc) is 2.32. The molecule has 0 radical (unpaired) electrons. The summed E-state index contributed by atoms with van der Waals surface area (Å²) in [5, 5.41) is 2.65. The predicted octanol–water partition coefficient (Wildman–Crippen LogP) is 3.65. The highest BCUT2D eigenvalue weighted by atomic mass is 16.1. The zero-order chi connectivity index (χ0) is 13.3. The zero-order valence-corrected chi connectivity index (χ0v) is 11.0. The monoisotopic (exact) mass is 235 g/mol. The van der Waals surface area contributed by atoms with E-state index in [0.29, 0.717) is 17.7 Å². The van der Waals surface area contributed by atoms with Gasteiger partial charge in [0.1, 0.15) is 0 Å². The van der Waals surface area contributed by atoms with E-state index in [1.54, 1.807) is 24.3 Å². The highest BCUT2D eigenvalue weighted by molar-refractivity contribution is 6.04. The Kier molecular flexibility index (Phi) is 7.68. The second kappa shape index (κ2) is 8.50. The van der Waals surface area contributed by atoms with Crippen molar-refractivity contribution in [2.24, 2.45) is 0 Å². The first-order valence-electron chi connectivity index (χ1n) is 6.05. The van der Waals surface area contributed by atoms with Crippen molar-refractivity contribution in [3.63, 3.8) is 0 Å². The molecule has 0 aliphatic heterocycles. The Morgan fingerprint density at radius 1 is 1.18 bits per heavy atom. The normalized spacial score (nSPS) is 8.94. The van der Waals surface area contributed by atoms with Crippen LogP contribution < -0.4 is 5.32 Å². The zero-order valence-electron chi connectivity index (χ0n) is 11.0. The number of nitrogens with one attached hydrogen (secondary N) is 1. The van der Waals surface area contributed by atoms with E-state index < -0.39 is 0 Å². The largest absolute Gasteiger partial charge is 0.326 e. The number of benzene rings is 1. The molecule has 1 aromatic rings. The minimum Gasteiger partial charge on any atom is -0.326 e. The fraction of sp³-hybridized carbons (Fsp3) is 0.429. The molecule has 1 N–H and O–H groups in total. The highest BCUT2D eigenvalue weighted by Crippen LogP contribution is 2.17. The number of Topliss-reactive ketones (excluding diaryl/α,β-unsaturated/α-hetero) is 1. The lowest BCUT2D eigenvalue weighted by Gasteiger charge is -2.07. The van der Waals surface area contributed by atoms with E-state index in [4.69, 9.17) is 0 Å². The third-order valence-corrected chi connectivity index (χ3v) is 2.02. The lowest BCUT2D eigenvalue weighted by molar-refractivity contribution is -0.114. The third-order valence-electron chi connectivity index (χ3n) is 2.02. The topological polar surface area (TPSA) is 46.2 Å². The number of amides is 1. The number of para-hydroxylation sites is 1. The molecule has 1 rings (SSSR count). The van der Waals surface area contributed by atoms with Gasteiger partial charge in [0.25, 0.3) is 0 Å². The van der Waals surface area contributed by atoms with E-state index in [9.17, 15) is 9.59 Å². The molecule has 0 atom stereocenters. The minimum atomic E-state index is -0.160. The Hall–Kier alpha value is -1.64. The number of hydrogen-bond donors (Lipinski definition) is 1. The first-order valence-corrected chi connectivity index (χ1v) is 6.05. The molecule has 0 unspecified atom stereocenters. The van der Waals surface area contributed by atoms with Crippen molar-refractivity contribution in [1.29, 1.82) is 0 Å². The molecule has 0 aliphatic carbocycles. The summed E-state index contributed by atoms with van der Waals surface area (Å²) in [7, 11) is 0. The van der Waals surface area contributed by atoms with E-state index in [1.807, 2.05) is 20.8 Å². The maximum absolute atomic E-state index is 11.7. The van der Waals surface area contributed by atoms with E-state index >= 15 is 0 Å². The van der Waals surface area contributed by atoms with Gasteiger partial charge in [-0.05, 0) is 18.6 Å². The second-order valence-electron chi connectivity index (χ2n) is 3.40. The van der Waals surface area contributed by atoms with Crippen LogP contribution in [0.25, 0.3) is 0 Å². The SMILES string of the molecule is CC.CCCC(=O)c1ccccc1NC(C)=O. The number of anilines is 1. The standard InChI is InChI=1S/C12H15NO2.C2H6/c1-3-6-12(15)10-7-4-5-8-11(10)13-9(2)14;1-2/h4-5,7-8H,3,6H2,1-2H3,(H,13,14);1-2H3. The van der Waals surface area contributed by atoms with Crippen LogP contribution in [0, 0.1) is 0 Å². The maximum Gasteiger partial charge on any atom is 0.221 e. The van der Waals surface area contributed by atoms with Crippen molar-refractivity contribution in [3.05, 3.63) is 29.8 Å². The van der Waals surface area contributed by atoms with Gasteiger partial charge in [-0.15, -0.1) is 0 Å². The van der Waals surface area contributed by atoms with E-state index in [-0.39, 0.29) is 11.7 Å². The molecule has 17 heavy (non-hydrogen) atoms. The summed E-state index contributed by atoms with van der Waals surface area (Å²) in [6, 6.07) is 7.08. The second-order valence-corrected chi connectivity index (χ2v) is 3.40. The van der Waals surface area contributed by atoms with Crippen LogP contribution in [-0.4, -0.2) is 11.7 Å². The van der Waals surface area contributed by atoms with Crippen LogP contribution in [0.1, 0.15) is 50.9 Å². The van der Waals surface area contributed by atoms with E-state index in [2.05, 4.69) is 5.32 Å². The Balaban J connectivity index is 0.00000121. The number of carbonyl (C=O) groups excluding carboxylic acids is 2. The molecule has 0 fully saturated rings. The highest BCUT2D eigenvalue weighted by Gasteiger charge is 2.10. The summed E-state index contributed by atoms with van der Waals surface area (Å²) in [6.45, 7) is 7.39. The average molecular weight is 235 g/mol. The van der Waals surface area contributed by atoms with Gasteiger partial charge in [-0.1, -0.05) is 32.9 Å². The molecule has 0 heterocycles. The van der Waals surface area contributed by atoms with E-state index in [1.165, 1.54) is 6.92 Å². The molecular formula is C14H21NO2.